The van der Waals surface area contributed by atoms with Crippen LogP contribution >= 0.6 is 15.9 Å². The molecule has 0 unspecified atom stereocenters. The molecule has 0 aromatic heterocycles. The SMILES string of the molecule is COc1ccc(OC)c(NC(=O)[C@H]2C[C@H](C(C)C)N[C@]23C(=O)Nc2ccc(Br)cc23)c1. The summed E-state index contributed by atoms with van der Waals surface area (Å²) in [5, 5.41) is 9.46. The average molecular weight is 488 g/mol. The van der Waals surface area contributed by atoms with Crippen molar-refractivity contribution in [1.82, 2.24) is 5.32 Å². The highest BCUT2D eigenvalue weighted by atomic mass is 79.9. The highest BCUT2D eigenvalue weighted by molar-refractivity contribution is 9.10. The van der Waals surface area contributed by atoms with Crippen LogP contribution in [0.15, 0.2) is 40.9 Å². The highest BCUT2D eigenvalue weighted by Gasteiger charge is 2.60. The van der Waals surface area contributed by atoms with Gasteiger partial charge in [-0.25, -0.2) is 0 Å². The van der Waals surface area contributed by atoms with Gasteiger partial charge in [-0.1, -0.05) is 29.8 Å². The van der Waals surface area contributed by atoms with Crippen LogP contribution in [0.25, 0.3) is 0 Å². The maximum absolute atomic E-state index is 13.6. The van der Waals surface area contributed by atoms with E-state index in [4.69, 9.17) is 9.47 Å². The van der Waals surface area contributed by atoms with Crippen LogP contribution in [0.4, 0.5) is 11.4 Å². The molecule has 3 atom stereocenters. The fraction of sp³-hybridized carbons (Fsp3) is 0.391. The van der Waals surface area contributed by atoms with E-state index in [0.717, 1.165) is 15.7 Å². The molecular formula is C23H26BrN3O4. The number of ether oxygens (including phenoxy) is 2. The third kappa shape index (κ3) is 3.57. The molecule has 2 aliphatic rings. The molecule has 0 aliphatic carbocycles. The zero-order valence-electron chi connectivity index (χ0n) is 17.9. The largest absolute Gasteiger partial charge is 0.497 e. The Hall–Kier alpha value is -2.58. The van der Waals surface area contributed by atoms with Crippen molar-refractivity contribution in [3.05, 3.63) is 46.4 Å². The number of methoxy groups -OCH3 is 2. The van der Waals surface area contributed by atoms with E-state index >= 15 is 0 Å². The lowest BCUT2D eigenvalue weighted by atomic mass is 9.79. The second-order valence-electron chi connectivity index (χ2n) is 8.29. The van der Waals surface area contributed by atoms with Gasteiger partial charge in [-0.05, 0) is 42.7 Å². The number of hydrogen-bond acceptors (Lipinski definition) is 5. The monoisotopic (exact) mass is 487 g/mol. The topological polar surface area (TPSA) is 88.7 Å². The molecule has 4 rings (SSSR count). The van der Waals surface area contributed by atoms with Crippen LogP contribution in [0.3, 0.4) is 0 Å². The van der Waals surface area contributed by atoms with Crippen molar-refractivity contribution in [2.75, 3.05) is 24.9 Å². The summed E-state index contributed by atoms with van der Waals surface area (Å²) in [5.41, 5.74) is 0.877. The van der Waals surface area contributed by atoms with Crippen LogP contribution in [0, 0.1) is 11.8 Å². The first-order valence-corrected chi connectivity index (χ1v) is 11.0. The summed E-state index contributed by atoms with van der Waals surface area (Å²) in [6.07, 6.45) is 0.537. The molecule has 0 saturated carbocycles. The summed E-state index contributed by atoms with van der Waals surface area (Å²) in [4.78, 5) is 26.9. The predicted octanol–water partition coefficient (Wildman–Crippen LogP) is 3.89. The number of benzene rings is 2. The van der Waals surface area contributed by atoms with Gasteiger partial charge in [0, 0.05) is 27.8 Å². The fourth-order valence-corrected chi connectivity index (χ4v) is 4.90. The van der Waals surface area contributed by atoms with Crippen LogP contribution in [0.2, 0.25) is 0 Å². The lowest BCUT2D eigenvalue weighted by Crippen LogP contribution is -2.52. The van der Waals surface area contributed by atoms with Gasteiger partial charge in [0.15, 0.2) is 0 Å². The van der Waals surface area contributed by atoms with Gasteiger partial charge in [-0.2, -0.15) is 0 Å². The van der Waals surface area contributed by atoms with Crippen LogP contribution in [-0.2, 0) is 15.1 Å². The van der Waals surface area contributed by atoms with Crippen molar-refractivity contribution in [3.8, 4) is 11.5 Å². The van der Waals surface area contributed by atoms with Crippen molar-refractivity contribution < 1.29 is 19.1 Å². The first-order chi connectivity index (χ1) is 14.8. The molecule has 1 fully saturated rings. The predicted molar refractivity (Wildman–Crippen MR) is 122 cm³/mol. The molecule has 2 amide bonds. The van der Waals surface area contributed by atoms with E-state index in [1.807, 2.05) is 18.2 Å². The number of anilines is 2. The lowest BCUT2D eigenvalue weighted by Gasteiger charge is -2.30. The van der Waals surface area contributed by atoms with E-state index in [9.17, 15) is 9.59 Å². The third-order valence-corrected chi connectivity index (χ3v) is 6.72. The second kappa shape index (κ2) is 8.16. The lowest BCUT2D eigenvalue weighted by molar-refractivity contribution is -0.130. The number of carbonyl (C=O) groups excluding carboxylic acids is 2. The number of nitrogens with one attached hydrogen (secondary N) is 3. The Morgan fingerprint density at radius 3 is 2.65 bits per heavy atom. The summed E-state index contributed by atoms with van der Waals surface area (Å²) in [6, 6.07) is 10.9. The fourth-order valence-electron chi connectivity index (χ4n) is 4.54. The van der Waals surface area contributed by atoms with Gasteiger partial charge in [-0.3, -0.25) is 14.9 Å². The zero-order chi connectivity index (χ0) is 22.3. The minimum absolute atomic E-state index is 0.0126. The molecule has 2 aromatic carbocycles. The Morgan fingerprint density at radius 1 is 1.19 bits per heavy atom. The van der Waals surface area contributed by atoms with Crippen LogP contribution < -0.4 is 25.4 Å². The van der Waals surface area contributed by atoms with E-state index in [2.05, 4.69) is 45.7 Å². The van der Waals surface area contributed by atoms with Crippen molar-refractivity contribution in [1.29, 1.82) is 0 Å². The third-order valence-electron chi connectivity index (χ3n) is 6.22. The molecule has 7 nitrogen and oxygen atoms in total. The first-order valence-electron chi connectivity index (χ1n) is 10.2. The maximum Gasteiger partial charge on any atom is 0.250 e. The molecule has 2 aromatic rings. The van der Waals surface area contributed by atoms with Crippen molar-refractivity contribution in [2.24, 2.45) is 11.8 Å². The summed E-state index contributed by atoms with van der Waals surface area (Å²) >= 11 is 3.51. The minimum Gasteiger partial charge on any atom is -0.497 e. The molecule has 3 N–H and O–H groups in total. The van der Waals surface area contributed by atoms with Gasteiger partial charge < -0.3 is 20.1 Å². The van der Waals surface area contributed by atoms with E-state index in [1.54, 1.807) is 32.4 Å². The number of halogens is 1. The standard InChI is InChI=1S/C23H26BrN3O4/c1-12(2)18-11-16(21(28)25-19-10-14(30-3)6-8-20(19)31-4)23(27-18)15-9-13(24)5-7-17(15)26-22(23)29/h5-10,12,16,18,27H,11H2,1-4H3,(H,25,28)(H,26,29)/t16-,18-,23+/m1/s1. The highest BCUT2D eigenvalue weighted by Crippen LogP contribution is 2.49. The Morgan fingerprint density at radius 2 is 1.97 bits per heavy atom. The summed E-state index contributed by atoms with van der Waals surface area (Å²) in [6.45, 7) is 4.18. The summed E-state index contributed by atoms with van der Waals surface area (Å²) in [7, 11) is 3.11. The smallest absolute Gasteiger partial charge is 0.250 e. The molecule has 1 spiro atoms. The molecule has 164 valence electrons. The number of amides is 2. The van der Waals surface area contributed by atoms with Crippen LogP contribution in [0.1, 0.15) is 25.8 Å². The Balaban J connectivity index is 1.75. The Kier molecular flexibility index (Phi) is 5.70. The van der Waals surface area contributed by atoms with Gasteiger partial charge in [0.2, 0.25) is 11.8 Å². The molecule has 0 bridgehead atoms. The minimum atomic E-state index is -1.13. The van der Waals surface area contributed by atoms with Gasteiger partial charge in [0.05, 0.1) is 25.8 Å². The molecule has 0 radical (unpaired) electrons. The van der Waals surface area contributed by atoms with Crippen molar-refractivity contribution in [2.45, 2.75) is 31.8 Å². The van der Waals surface area contributed by atoms with E-state index in [1.165, 1.54) is 0 Å². The van der Waals surface area contributed by atoms with Crippen molar-refractivity contribution in [3.63, 3.8) is 0 Å². The molecule has 2 heterocycles. The number of hydrogen-bond donors (Lipinski definition) is 3. The molecular weight excluding hydrogens is 462 g/mol. The van der Waals surface area contributed by atoms with E-state index in [0.29, 0.717) is 23.6 Å². The zero-order valence-corrected chi connectivity index (χ0v) is 19.5. The molecule has 2 aliphatic heterocycles. The first kappa shape index (κ1) is 21.6. The molecule has 8 heteroatoms. The molecule has 31 heavy (non-hydrogen) atoms. The summed E-state index contributed by atoms with van der Waals surface area (Å²) in [5.74, 6) is 0.319. The maximum atomic E-state index is 13.6. The van der Waals surface area contributed by atoms with E-state index in [-0.39, 0.29) is 23.8 Å². The average Bonchev–Trinajstić information content (AvgIpc) is 3.28. The van der Waals surface area contributed by atoms with Crippen LogP contribution in [-0.4, -0.2) is 32.1 Å². The molecule has 1 saturated heterocycles. The van der Waals surface area contributed by atoms with E-state index < -0.39 is 11.5 Å². The van der Waals surface area contributed by atoms with Gasteiger partial charge in [-0.15, -0.1) is 0 Å². The number of carbonyl (C=O) groups is 2. The van der Waals surface area contributed by atoms with Crippen molar-refractivity contribution >= 4 is 39.1 Å². The number of rotatable bonds is 5. The summed E-state index contributed by atoms with van der Waals surface area (Å²) < 4.78 is 11.6. The quantitative estimate of drug-likeness (QED) is 0.595. The van der Waals surface area contributed by atoms with Crippen LogP contribution in [0.5, 0.6) is 11.5 Å². The Labute approximate surface area is 190 Å². The van der Waals surface area contributed by atoms with Gasteiger partial charge >= 0.3 is 0 Å². The van der Waals surface area contributed by atoms with Gasteiger partial charge in [0.1, 0.15) is 17.0 Å². The Bertz CT molecular complexity index is 1040. The normalized spacial score (nSPS) is 24.3. The number of fused-ring (bicyclic) bond motifs is 2. The second-order valence-corrected chi connectivity index (χ2v) is 9.21. The van der Waals surface area contributed by atoms with Gasteiger partial charge in [0.25, 0.3) is 0 Å².